The summed E-state index contributed by atoms with van der Waals surface area (Å²) in [4.78, 5) is 37.3. The van der Waals surface area contributed by atoms with Gasteiger partial charge in [-0.3, -0.25) is 9.59 Å². The predicted octanol–water partition coefficient (Wildman–Crippen LogP) is 2.55. The minimum absolute atomic E-state index is 0.0733. The lowest BCUT2D eigenvalue weighted by Gasteiger charge is -2.32. The second kappa shape index (κ2) is 9.63. The summed E-state index contributed by atoms with van der Waals surface area (Å²) in [7, 11) is 0. The van der Waals surface area contributed by atoms with Crippen molar-refractivity contribution in [2.75, 3.05) is 45.1 Å². The topological polar surface area (TPSA) is 119 Å². The summed E-state index contributed by atoms with van der Waals surface area (Å²) in [5, 5.41) is 5.81. The molecule has 0 spiro atoms. The highest BCUT2D eigenvalue weighted by Gasteiger charge is 2.28. The van der Waals surface area contributed by atoms with Crippen molar-refractivity contribution >= 4 is 40.3 Å². The molecule has 35 heavy (non-hydrogen) atoms. The highest BCUT2D eigenvalue weighted by Crippen LogP contribution is 2.35. The number of aromatic nitrogens is 4. The fraction of sp³-hybridized carbons (Fsp3) is 0.375. The number of fused-ring (bicyclic) bond motifs is 1. The Morgan fingerprint density at radius 1 is 1.17 bits per heavy atom. The number of nitrogens with two attached hydrogens (primary N) is 1. The molecule has 0 saturated carbocycles. The van der Waals surface area contributed by atoms with Crippen LogP contribution in [0, 0.1) is 0 Å². The molecule has 2 N–H and O–H groups in total. The van der Waals surface area contributed by atoms with Crippen LogP contribution in [0.15, 0.2) is 37.2 Å². The number of piperidine rings is 1. The molecule has 4 heterocycles. The molecule has 1 aromatic carbocycles. The zero-order valence-corrected chi connectivity index (χ0v) is 19.9. The molecule has 182 valence electrons. The molecular weight excluding hydrogens is 470 g/mol. The van der Waals surface area contributed by atoms with Crippen LogP contribution >= 0.6 is 11.6 Å². The van der Waals surface area contributed by atoms with Crippen molar-refractivity contribution in [1.82, 2.24) is 29.5 Å². The van der Waals surface area contributed by atoms with E-state index in [1.165, 1.54) is 12.4 Å². The minimum Gasteiger partial charge on any atom is -0.383 e. The van der Waals surface area contributed by atoms with Gasteiger partial charge in [-0.25, -0.2) is 14.6 Å². The monoisotopic (exact) mass is 495 g/mol. The van der Waals surface area contributed by atoms with E-state index >= 15 is 0 Å². The first-order valence-corrected chi connectivity index (χ1v) is 11.9. The molecule has 0 radical (unpaired) electrons. The Bertz CT molecular complexity index is 1300. The van der Waals surface area contributed by atoms with Gasteiger partial charge in [-0.1, -0.05) is 24.2 Å². The zero-order valence-electron chi connectivity index (χ0n) is 19.2. The molecule has 11 heteroatoms. The Hall–Kier alpha value is -3.50. The second-order valence-corrected chi connectivity index (χ2v) is 9.04. The first-order chi connectivity index (χ1) is 17.0. The lowest BCUT2D eigenvalue weighted by Crippen LogP contribution is -2.40. The summed E-state index contributed by atoms with van der Waals surface area (Å²) in [6.45, 7) is 6.88. The Morgan fingerprint density at radius 2 is 1.97 bits per heavy atom. The van der Waals surface area contributed by atoms with Crippen LogP contribution in [0.5, 0.6) is 0 Å². The van der Waals surface area contributed by atoms with Gasteiger partial charge in [-0.05, 0) is 31.1 Å². The Kier molecular flexibility index (Phi) is 6.40. The van der Waals surface area contributed by atoms with E-state index in [-0.39, 0.29) is 17.9 Å². The molecule has 2 aliphatic heterocycles. The average Bonchev–Trinajstić information content (AvgIpc) is 3.29. The van der Waals surface area contributed by atoms with Gasteiger partial charge in [0.25, 0.3) is 5.91 Å². The standard InChI is InChI=1S/C24H26ClN7O3/c1-2-19(33)31-7-3-4-16(13-31)32-23-20(22(26)27-14-28-23)21(29-32)15-5-6-17(18(25)12-15)24(34)30-8-10-35-11-9-30/h2,5-6,12,14,16H,1,3-4,7-11,13H2,(H2,26,27,28). The molecule has 2 saturated heterocycles. The Balaban J connectivity index is 1.52. The van der Waals surface area contributed by atoms with Crippen LogP contribution in [0.4, 0.5) is 5.82 Å². The molecule has 5 rings (SSSR count). The van der Waals surface area contributed by atoms with E-state index in [2.05, 4.69) is 16.5 Å². The number of benzene rings is 1. The molecule has 3 aromatic rings. The number of nitrogens with zero attached hydrogens (tertiary/aromatic N) is 6. The van der Waals surface area contributed by atoms with Gasteiger partial charge >= 0.3 is 0 Å². The number of carbonyl (C=O) groups excluding carboxylic acids is 2. The summed E-state index contributed by atoms with van der Waals surface area (Å²) in [6.07, 6.45) is 4.42. The number of nitrogen functional groups attached to an aromatic ring is 1. The Labute approximate surface area is 207 Å². The number of carbonyl (C=O) groups is 2. The molecule has 10 nitrogen and oxygen atoms in total. The fourth-order valence-corrected chi connectivity index (χ4v) is 4.97. The molecule has 1 atom stereocenters. The van der Waals surface area contributed by atoms with E-state index in [4.69, 9.17) is 27.2 Å². The fourth-order valence-electron chi connectivity index (χ4n) is 4.71. The van der Waals surface area contributed by atoms with Crippen LogP contribution in [0.2, 0.25) is 5.02 Å². The molecule has 1 unspecified atom stereocenters. The van der Waals surface area contributed by atoms with Gasteiger partial charge in [-0.15, -0.1) is 0 Å². The van der Waals surface area contributed by atoms with Gasteiger partial charge in [0, 0.05) is 31.7 Å². The second-order valence-electron chi connectivity index (χ2n) is 8.63. The van der Waals surface area contributed by atoms with Crippen LogP contribution in [0.1, 0.15) is 29.2 Å². The van der Waals surface area contributed by atoms with Crippen molar-refractivity contribution in [1.29, 1.82) is 0 Å². The van der Waals surface area contributed by atoms with Crippen LogP contribution in [0.25, 0.3) is 22.3 Å². The number of rotatable bonds is 4. The molecule has 2 fully saturated rings. The summed E-state index contributed by atoms with van der Waals surface area (Å²) in [5.74, 6) is 0.0702. The SMILES string of the molecule is C=CC(=O)N1CCCC(n2nc(-c3ccc(C(=O)N4CCOCC4)c(Cl)c3)c3c(N)ncnc32)C1. The van der Waals surface area contributed by atoms with Gasteiger partial charge in [0.15, 0.2) is 5.65 Å². The first-order valence-electron chi connectivity index (χ1n) is 11.5. The first kappa shape index (κ1) is 23.3. The van der Waals surface area contributed by atoms with Crippen LogP contribution < -0.4 is 5.73 Å². The van der Waals surface area contributed by atoms with Crippen molar-refractivity contribution < 1.29 is 14.3 Å². The third-order valence-corrected chi connectivity index (χ3v) is 6.83. The summed E-state index contributed by atoms with van der Waals surface area (Å²) >= 11 is 6.58. The molecule has 0 aliphatic carbocycles. The highest BCUT2D eigenvalue weighted by molar-refractivity contribution is 6.34. The minimum atomic E-state index is -0.128. The third-order valence-electron chi connectivity index (χ3n) is 6.52. The maximum atomic E-state index is 12.9. The van der Waals surface area contributed by atoms with Gasteiger partial charge in [0.05, 0.1) is 35.2 Å². The van der Waals surface area contributed by atoms with Gasteiger partial charge in [0.2, 0.25) is 5.91 Å². The quantitative estimate of drug-likeness (QED) is 0.552. The normalized spacial score (nSPS) is 18.6. The number of morpholine rings is 1. The lowest BCUT2D eigenvalue weighted by molar-refractivity contribution is -0.127. The predicted molar refractivity (Wildman–Crippen MR) is 132 cm³/mol. The maximum Gasteiger partial charge on any atom is 0.255 e. The molecule has 0 bridgehead atoms. The van der Waals surface area contributed by atoms with Crippen molar-refractivity contribution in [2.24, 2.45) is 0 Å². The van der Waals surface area contributed by atoms with Crippen molar-refractivity contribution in [3.8, 4) is 11.3 Å². The summed E-state index contributed by atoms with van der Waals surface area (Å²) in [5.41, 5.74) is 8.56. The molecule has 2 aromatic heterocycles. The van der Waals surface area contributed by atoms with Crippen molar-refractivity contribution in [3.63, 3.8) is 0 Å². The number of hydrogen-bond donors (Lipinski definition) is 1. The van der Waals surface area contributed by atoms with E-state index in [1.54, 1.807) is 21.9 Å². The number of halogens is 1. The summed E-state index contributed by atoms with van der Waals surface area (Å²) < 4.78 is 7.16. The maximum absolute atomic E-state index is 12.9. The van der Waals surface area contributed by atoms with Crippen LogP contribution in [-0.2, 0) is 9.53 Å². The van der Waals surface area contributed by atoms with E-state index in [0.717, 1.165) is 12.8 Å². The van der Waals surface area contributed by atoms with Gasteiger partial charge in [-0.2, -0.15) is 5.10 Å². The van der Waals surface area contributed by atoms with Gasteiger partial charge < -0.3 is 20.3 Å². The Morgan fingerprint density at radius 3 is 2.71 bits per heavy atom. The van der Waals surface area contributed by atoms with E-state index in [0.29, 0.717) is 78.1 Å². The van der Waals surface area contributed by atoms with E-state index in [1.807, 2.05) is 10.7 Å². The molecule has 2 aliphatic rings. The van der Waals surface area contributed by atoms with Crippen molar-refractivity contribution in [3.05, 3.63) is 47.8 Å². The van der Waals surface area contributed by atoms with Crippen molar-refractivity contribution in [2.45, 2.75) is 18.9 Å². The number of ether oxygens (including phenoxy) is 1. The van der Waals surface area contributed by atoms with E-state index in [9.17, 15) is 9.59 Å². The largest absolute Gasteiger partial charge is 0.383 e. The number of amides is 2. The summed E-state index contributed by atoms with van der Waals surface area (Å²) in [6, 6.07) is 5.18. The van der Waals surface area contributed by atoms with Gasteiger partial charge in [0.1, 0.15) is 17.8 Å². The van der Waals surface area contributed by atoms with Crippen LogP contribution in [0.3, 0.4) is 0 Å². The molecule has 2 amide bonds. The average molecular weight is 496 g/mol. The number of hydrogen-bond acceptors (Lipinski definition) is 7. The zero-order chi connectivity index (χ0) is 24.5. The van der Waals surface area contributed by atoms with Crippen LogP contribution in [-0.4, -0.2) is 80.8 Å². The lowest BCUT2D eigenvalue weighted by atomic mass is 10.1. The number of anilines is 1. The third kappa shape index (κ3) is 4.35. The van der Waals surface area contributed by atoms with E-state index < -0.39 is 0 Å². The highest BCUT2D eigenvalue weighted by atomic mass is 35.5. The number of likely N-dealkylation sites (tertiary alicyclic amines) is 1. The smallest absolute Gasteiger partial charge is 0.255 e. The molecular formula is C24H26ClN7O3.